The van der Waals surface area contributed by atoms with Gasteiger partial charge in [-0.15, -0.1) is 0 Å². The van der Waals surface area contributed by atoms with Gasteiger partial charge in [0.2, 0.25) is 5.91 Å². The molecular weight excluding hydrogens is 525 g/mol. The third-order valence-electron chi connectivity index (χ3n) is 8.03. The molecule has 7 rings (SSSR count). The number of nitrogens with two attached hydrogens (primary N) is 1. The minimum atomic E-state index is -4.56. The number of aromatic nitrogens is 4. The molecule has 0 saturated heterocycles. The highest BCUT2D eigenvalue weighted by Crippen LogP contribution is 2.73. The molecule has 0 unspecified atom stereocenters. The van der Waals surface area contributed by atoms with Gasteiger partial charge in [-0.2, -0.15) is 23.5 Å². The van der Waals surface area contributed by atoms with Crippen LogP contribution in [-0.2, 0) is 24.6 Å². The van der Waals surface area contributed by atoms with E-state index < -0.39 is 28.5 Å². The number of aryl methyl sites for hydroxylation is 1. The zero-order chi connectivity index (χ0) is 28.6. The van der Waals surface area contributed by atoms with Gasteiger partial charge in [-0.3, -0.25) is 24.3 Å². The Morgan fingerprint density at radius 3 is 2.50 bits per heavy atom. The minimum absolute atomic E-state index is 0.163. The second-order valence-electron chi connectivity index (χ2n) is 10.7. The van der Waals surface area contributed by atoms with Gasteiger partial charge in [-0.1, -0.05) is 0 Å². The van der Waals surface area contributed by atoms with Gasteiger partial charge in [-0.25, -0.2) is 9.99 Å². The number of hydrogen-bond donors (Lipinski definition) is 1. The van der Waals surface area contributed by atoms with Crippen LogP contribution >= 0.6 is 0 Å². The maximum absolute atomic E-state index is 14.0. The number of carbonyl (C=O) groups is 2. The first kappa shape index (κ1) is 25.5. The number of nitrogens with zero attached hydrogens (tertiary/aromatic N) is 7. The summed E-state index contributed by atoms with van der Waals surface area (Å²) in [4.78, 5) is 35.8. The quantitative estimate of drug-likeness (QED) is 0.383. The van der Waals surface area contributed by atoms with E-state index >= 15 is 0 Å². The Labute approximate surface area is 225 Å². The van der Waals surface area contributed by atoms with Crippen molar-refractivity contribution >= 4 is 39.4 Å². The fraction of sp³-hybridized carbons (Fsp3) is 0.333. The van der Waals surface area contributed by atoms with E-state index in [-0.39, 0.29) is 23.7 Å². The molecule has 0 spiro atoms. The Morgan fingerprint density at radius 2 is 1.88 bits per heavy atom. The molecular formula is C27H23F3N8O2. The molecule has 204 valence electrons. The third kappa shape index (κ3) is 3.74. The number of nitrogen functional groups attached to an aromatic ring is 1. The van der Waals surface area contributed by atoms with E-state index in [1.807, 2.05) is 0 Å². The smallest absolute Gasteiger partial charge is 0.383 e. The number of alkyl halides is 3. The highest BCUT2D eigenvalue weighted by molar-refractivity contribution is 6.10. The maximum atomic E-state index is 14.0. The van der Waals surface area contributed by atoms with Gasteiger partial charge in [0.05, 0.1) is 57.3 Å². The lowest BCUT2D eigenvalue weighted by atomic mass is 9.35. The lowest BCUT2D eigenvalue weighted by Crippen LogP contribution is -2.68. The summed E-state index contributed by atoms with van der Waals surface area (Å²) in [7, 11) is 3.19. The van der Waals surface area contributed by atoms with Crippen LogP contribution in [0.5, 0.6) is 0 Å². The van der Waals surface area contributed by atoms with Crippen LogP contribution in [0.4, 0.5) is 19.0 Å². The van der Waals surface area contributed by atoms with Crippen molar-refractivity contribution in [2.24, 2.45) is 17.9 Å². The van der Waals surface area contributed by atoms with E-state index in [0.29, 0.717) is 53.1 Å². The van der Waals surface area contributed by atoms with E-state index in [9.17, 15) is 28.0 Å². The number of hydrazine groups is 1. The number of anilines is 1. The molecule has 1 aromatic carbocycles. The van der Waals surface area contributed by atoms with Crippen LogP contribution in [0.25, 0.3) is 21.8 Å². The lowest BCUT2D eigenvalue weighted by Gasteiger charge is -2.66. The molecule has 3 fully saturated rings. The van der Waals surface area contributed by atoms with Crippen LogP contribution < -0.4 is 5.73 Å². The minimum Gasteiger partial charge on any atom is -0.383 e. The molecule has 2 amide bonds. The fourth-order valence-electron chi connectivity index (χ4n) is 5.98. The molecule has 13 heteroatoms. The predicted molar refractivity (Wildman–Crippen MR) is 137 cm³/mol. The van der Waals surface area contributed by atoms with E-state index in [4.69, 9.17) is 5.73 Å². The van der Waals surface area contributed by atoms with Crippen molar-refractivity contribution in [2.45, 2.75) is 32.0 Å². The third-order valence-corrected chi connectivity index (χ3v) is 8.03. The second-order valence-corrected chi connectivity index (χ2v) is 10.7. The lowest BCUT2D eigenvalue weighted by molar-refractivity contribution is -0.205. The van der Waals surface area contributed by atoms with Crippen LogP contribution in [0, 0.1) is 22.2 Å². The number of benzene rings is 1. The van der Waals surface area contributed by atoms with Crippen LogP contribution in [0.15, 0.2) is 42.7 Å². The molecule has 0 aliphatic heterocycles. The molecule has 0 radical (unpaired) electrons. The highest BCUT2D eigenvalue weighted by Gasteiger charge is 2.73. The molecule has 3 heterocycles. The molecule has 2 bridgehead atoms. The van der Waals surface area contributed by atoms with Crippen LogP contribution in [0.1, 0.15) is 40.9 Å². The Kier molecular flexibility index (Phi) is 5.35. The molecule has 0 atom stereocenters. The van der Waals surface area contributed by atoms with Crippen LogP contribution in [0.3, 0.4) is 0 Å². The molecule has 10 nitrogen and oxygen atoms in total. The zero-order valence-electron chi connectivity index (χ0n) is 21.5. The largest absolute Gasteiger partial charge is 0.417 e. The van der Waals surface area contributed by atoms with Gasteiger partial charge in [-0.05, 0) is 49.6 Å². The number of halogens is 3. The summed E-state index contributed by atoms with van der Waals surface area (Å²) in [6.45, 7) is -0.252. The number of carbonyl (C=O) groups excluding carboxylic acids is 2. The van der Waals surface area contributed by atoms with Crippen molar-refractivity contribution in [3.05, 3.63) is 59.5 Å². The first-order valence-corrected chi connectivity index (χ1v) is 12.4. The highest BCUT2D eigenvalue weighted by atomic mass is 19.4. The van der Waals surface area contributed by atoms with Crippen molar-refractivity contribution in [1.82, 2.24) is 29.8 Å². The fourth-order valence-corrected chi connectivity index (χ4v) is 5.98. The summed E-state index contributed by atoms with van der Waals surface area (Å²) in [6, 6.07) is 9.15. The molecule has 40 heavy (non-hydrogen) atoms. The molecule has 2 N–H and O–H groups in total. The van der Waals surface area contributed by atoms with Crippen LogP contribution in [-0.4, -0.2) is 48.6 Å². The number of hydrogen-bond acceptors (Lipinski definition) is 7. The number of fused-ring (bicyclic) bond motifs is 3. The van der Waals surface area contributed by atoms with E-state index in [0.717, 1.165) is 6.07 Å². The number of nitriles is 1. The second kappa shape index (κ2) is 8.38. The SMILES string of the molecule is CN(C(=O)C12CC(C#N)(C1)C2)N(Cc1ccc(C(F)(F)F)cn1)C(=O)c1ccc2nc(N)c3cnn(C)c3c2c1. The Morgan fingerprint density at radius 1 is 1.15 bits per heavy atom. The average Bonchev–Trinajstić information content (AvgIpc) is 3.27. The Bertz CT molecular complexity index is 1740. The normalized spacial score (nSPS) is 21.4. The van der Waals surface area contributed by atoms with E-state index in [1.54, 1.807) is 36.1 Å². The topological polar surface area (TPSA) is 134 Å². The summed E-state index contributed by atoms with van der Waals surface area (Å²) in [6.07, 6.45) is -1.03. The number of amides is 2. The number of rotatable bonds is 4. The van der Waals surface area contributed by atoms with Gasteiger partial charge < -0.3 is 5.73 Å². The first-order chi connectivity index (χ1) is 18.9. The Balaban J connectivity index is 1.37. The molecule has 3 saturated carbocycles. The predicted octanol–water partition coefficient (Wildman–Crippen LogP) is 3.83. The maximum Gasteiger partial charge on any atom is 0.417 e. The van der Waals surface area contributed by atoms with Crippen molar-refractivity contribution in [2.75, 3.05) is 12.8 Å². The average molecular weight is 549 g/mol. The molecule has 3 aliphatic rings. The van der Waals surface area contributed by atoms with Crippen molar-refractivity contribution < 1.29 is 22.8 Å². The monoisotopic (exact) mass is 548 g/mol. The first-order valence-electron chi connectivity index (χ1n) is 12.4. The van der Waals surface area contributed by atoms with Gasteiger partial charge in [0.25, 0.3) is 5.91 Å². The van der Waals surface area contributed by atoms with Crippen LogP contribution in [0.2, 0.25) is 0 Å². The molecule has 4 aromatic rings. The van der Waals surface area contributed by atoms with Gasteiger partial charge >= 0.3 is 6.18 Å². The van der Waals surface area contributed by atoms with Crippen molar-refractivity contribution in [3.8, 4) is 6.07 Å². The van der Waals surface area contributed by atoms with Crippen molar-refractivity contribution in [1.29, 1.82) is 5.26 Å². The van der Waals surface area contributed by atoms with E-state index in [1.165, 1.54) is 23.1 Å². The summed E-state index contributed by atoms with van der Waals surface area (Å²) in [5.41, 5.74) is 5.56. The number of pyridine rings is 2. The van der Waals surface area contributed by atoms with Gasteiger partial charge in [0, 0.05) is 31.2 Å². The summed E-state index contributed by atoms with van der Waals surface area (Å²) in [5, 5.41) is 17.2. The molecule has 3 aliphatic carbocycles. The zero-order valence-corrected chi connectivity index (χ0v) is 21.5. The standard InChI is InChI=1S/C27H23F3N8O2/c1-36-21-18-7-15(3-6-20(18)35-22(32)19(21)9-34-36)23(39)38(10-17-5-4-16(8-33-17)27(28,29)30)37(2)24(40)26-11-25(12-26,13-26)14-31/h3-9H,10-13H2,1-2H3,(H2,32,35). The summed E-state index contributed by atoms with van der Waals surface area (Å²) < 4.78 is 40.9. The summed E-state index contributed by atoms with van der Waals surface area (Å²) in [5.74, 6) is -0.592. The van der Waals surface area contributed by atoms with Gasteiger partial charge in [0.15, 0.2) is 0 Å². The Hall–Kier alpha value is -4.73. The molecule has 3 aromatic heterocycles. The van der Waals surface area contributed by atoms with Crippen molar-refractivity contribution in [3.63, 3.8) is 0 Å². The van der Waals surface area contributed by atoms with E-state index in [2.05, 4.69) is 21.1 Å². The van der Waals surface area contributed by atoms with Gasteiger partial charge in [0.1, 0.15) is 5.82 Å². The summed E-state index contributed by atoms with van der Waals surface area (Å²) >= 11 is 0.